The Balaban J connectivity index is 3.96. The number of hydrogen-bond donors (Lipinski definition) is 1. The standard InChI is InChI=1S/C10H23NO/c1-5-9(6-2)10(4,11)8-12-7-3/h9H,5-8,11H2,1-4H3. The van der Waals surface area contributed by atoms with Gasteiger partial charge in [-0.15, -0.1) is 0 Å². The van der Waals surface area contributed by atoms with Crippen LogP contribution in [0.1, 0.15) is 40.5 Å². The topological polar surface area (TPSA) is 35.2 Å². The normalized spacial score (nSPS) is 16.5. The molecule has 0 saturated carbocycles. The van der Waals surface area contributed by atoms with Gasteiger partial charge in [-0.05, 0) is 19.8 Å². The molecule has 0 fully saturated rings. The van der Waals surface area contributed by atoms with Gasteiger partial charge in [0, 0.05) is 12.1 Å². The molecule has 0 heterocycles. The SMILES string of the molecule is CCOCC(C)(N)C(CC)CC. The Morgan fingerprint density at radius 1 is 1.25 bits per heavy atom. The molecule has 1 unspecified atom stereocenters. The molecule has 2 heteroatoms. The van der Waals surface area contributed by atoms with Crippen molar-refractivity contribution in [2.45, 2.75) is 46.1 Å². The lowest BCUT2D eigenvalue weighted by Crippen LogP contribution is -2.48. The second-order valence-corrected chi connectivity index (χ2v) is 3.66. The van der Waals surface area contributed by atoms with Crippen LogP contribution in [0.15, 0.2) is 0 Å². The molecule has 0 bridgehead atoms. The van der Waals surface area contributed by atoms with Gasteiger partial charge in [0.25, 0.3) is 0 Å². The first-order chi connectivity index (χ1) is 5.58. The Morgan fingerprint density at radius 2 is 1.75 bits per heavy atom. The quantitative estimate of drug-likeness (QED) is 0.668. The maximum atomic E-state index is 6.14. The fourth-order valence-corrected chi connectivity index (χ4v) is 1.66. The highest BCUT2D eigenvalue weighted by molar-refractivity contribution is 4.85. The van der Waals surface area contributed by atoms with E-state index in [9.17, 15) is 0 Å². The van der Waals surface area contributed by atoms with Crippen LogP contribution in [-0.2, 0) is 4.74 Å². The van der Waals surface area contributed by atoms with Crippen molar-refractivity contribution in [2.75, 3.05) is 13.2 Å². The van der Waals surface area contributed by atoms with Crippen LogP contribution in [0.4, 0.5) is 0 Å². The minimum absolute atomic E-state index is 0.153. The lowest BCUT2D eigenvalue weighted by molar-refractivity contribution is 0.0717. The number of rotatable bonds is 6. The second kappa shape index (κ2) is 5.55. The maximum absolute atomic E-state index is 6.14. The minimum Gasteiger partial charge on any atom is -0.380 e. The van der Waals surface area contributed by atoms with Crippen LogP contribution in [0, 0.1) is 5.92 Å². The van der Waals surface area contributed by atoms with Gasteiger partial charge in [-0.3, -0.25) is 0 Å². The molecule has 0 aromatic rings. The van der Waals surface area contributed by atoms with Gasteiger partial charge in [0.15, 0.2) is 0 Å². The molecule has 0 aliphatic heterocycles. The number of hydrogen-bond acceptors (Lipinski definition) is 2. The molecule has 0 aromatic heterocycles. The number of nitrogens with two attached hydrogens (primary N) is 1. The lowest BCUT2D eigenvalue weighted by atomic mass is 9.83. The first-order valence-electron chi connectivity index (χ1n) is 4.95. The van der Waals surface area contributed by atoms with E-state index in [1.807, 2.05) is 6.92 Å². The van der Waals surface area contributed by atoms with E-state index in [0.29, 0.717) is 12.5 Å². The zero-order valence-corrected chi connectivity index (χ0v) is 8.89. The van der Waals surface area contributed by atoms with E-state index >= 15 is 0 Å². The van der Waals surface area contributed by atoms with E-state index in [1.165, 1.54) is 0 Å². The largest absolute Gasteiger partial charge is 0.380 e. The van der Waals surface area contributed by atoms with Crippen LogP contribution < -0.4 is 5.73 Å². The molecule has 2 N–H and O–H groups in total. The molecule has 1 atom stereocenters. The van der Waals surface area contributed by atoms with Crippen molar-refractivity contribution in [3.63, 3.8) is 0 Å². The fourth-order valence-electron chi connectivity index (χ4n) is 1.66. The Morgan fingerprint density at radius 3 is 2.08 bits per heavy atom. The van der Waals surface area contributed by atoms with E-state index in [1.54, 1.807) is 0 Å². The van der Waals surface area contributed by atoms with Crippen molar-refractivity contribution in [1.82, 2.24) is 0 Å². The molecule has 0 spiro atoms. The molecule has 0 aliphatic rings. The first-order valence-corrected chi connectivity index (χ1v) is 4.95. The molecule has 0 amide bonds. The molecule has 12 heavy (non-hydrogen) atoms. The van der Waals surface area contributed by atoms with Crippen LogP contribution in [0.2, 0.25) is 0 Å². The molecule has 0 aromatic carbocycles. The highest BCUT2D eigenvalue weighted by Crippen LogP contribution is 2.21. The summed E-state index contributed by atoms with van der Waals surface area (Å²) in [6.45, 7) is 9.89. The Bertz CT molecular complexity index is 108. The van der Waals surface area contributed by atoms with Gasteiger partial charge in [0.2, 0.25) is 0 Å². The third kappa shape index (κ3) is 3.55. The minimum atomic E-state index is -0.153. The number of ether oxygens (including phenoxy) is 1. The van der Waals surface area contributed by atoms with Crippen molar-refractivity contribution in [1.29, 1.82) is 0 Å². The van der Waals surface area contributed by atoms with E-state index in [0.717, 1.165) is 19.4 Å². The molecule has 0 aliphatic carbocycles. The summed E-state index contributed by atoms with van der Waals surface area (Å²) in [5.41, 5.74) is 5.99. The summed E-state index contributed by atoms with van der Waals surface area (Å²) in [7, 11) is 0. The Labute approximate surface area is 76.5 Å². The second-order valence-electron chi connectivity index (χ2n) is 3.66. The van der Waals surface area contributed by atoms with Gasteiger partial charge in [-0.2, -0.15) is 0 Å². The van der Waals surface area contributed by atoms with Crippen LogP contribution in [-0.4, -0.2) is 18.8 Å². The zero-order chi connectivity index (χ0) is 9.61. The molecule has 2 nitrogen and oxygen atoms in total. The summed E-state index contributed by atoms with van der Waals surface area (Å²) in [5.74, 6) is 0.573. The first kappa shape index (κ1) is 11.9. The van der Waals surface area contributed by atoms with Crippen molar-refractivity contribution >= 4 is 0 Å². The third-order valence-electron chi connectivity index (χ3n) is 2.54. The molecular weight excluding hydrogens is 150 g/mol. The summed E-state index contributed by atoms with van der Waals surface area (Å²) in [6, 6.07) is 0. The lowest BCUT2D eigenvalue weighted by Gasteiger charge is -2.32. The van der Waals surface area contributed by atoms with Crippen LogP contribution in [0.25, 0.3) is 0 Å². The summed E-state index contributed by atoms with van der Waals surface area (Å²) >= 11 is 0. The van der Waals surface area contributed by atoms with Gasteiger partial charge >= 0.3 is 0 Å². The van der Waals surface area contributed by atoms with Crippen molar-refractivity contribution in [3.8, 4) is 0 Å². The van der Waals surface area contributed by atoms with Crippen LogP contribution in [0.3, 0.4) is 0 Å². The summed E-state index contributed by atoms with van der Waals surface area (Å²) < 4.78 is 5.36. The van der Waals surface area contributed by atoms with Crippen molar-refractivity contribution in [2.24, 2.45) is 11.7 Å². The van der Waals surface area contributed by atoms with Crippen molar-refractivity contribution < 1.29 is 4.74 Å². The summed E-state index contributed by atoms with van der Waals surface area (Å²) in [6.07, 6.45) is 2.27. The van der Waals surface area contributed by atoms with Gasteiger partial charge in [0.05, 0.1) is 6.61 Å². The average Bonchev–Trinajstić information content (AvgIpc) is 2.03. The highest BCUT2D eigenvalue weighted by atomic mass is 16.5. The molecule has 74 valence electrons. The molecular formula is C10H23NO. The fraction of sp³-hybridized carbons (Fsp3) is 1.00. The Kier molecular flexibility index (Phi) is 5.51. The summed E-state index contributed by atoms with van der Waals surface area (Å²) in [4.78, 5) is 0. The van der Waals surface area contributed by atoms with E-state index in [4.69, 9.17) is 10.5 Å². The van der Waals surface area contributed by atoms with E-state index in [-0.39, 0.29) is 5.54 Å². The Hall–Kier alpha value is -0.0800. The smallest absolute Gasteiger partial charge is 0.0646 e. The van der Waals surface area contributed by atoms with Gasteiger partial charge in [-0.25, -0.2) is 0 Å². The van der Waals surface area contributed by atoms with Gasteiger partial charge in [0.1, 0.15) is 0 Å². The molecule has 0 saturated heterocycles. The van der Waals surface area contributed by atoms with Gasteiger partial charge in [-0.1, -0.05) is 26.7 Å². The van der Waals surface area contributed by atoms with Gasteiger partial charge < -0.3 is 10.5 Å². The maximum Gasteiger partial charge on any atom is 0.0646 e. The zero-order valence-electron chi connectivity index (χ0n) is 8.89. The van der Waals surface area contributed by atoms with E-state index in [2.05, 4.69) is 20.8 Å². The third-order valence-corrected chi connectivity index (χ3v) is 2.54. The highest BCUT2D eigenvalue weighted by Gasteiger charge is 2.27. The predicted octanol–water partition coefficient (Wildman–Crippen LogP) is 2.18. The summed E-state index contributed by atoms with van der Waals surface area (Å²) in [5, 5.41) is 0. The predicted molar refractivity (Wildman–Crippen MR) is 53.2 cm³/mol. The molecule has 0 radical (unpaired) electrons. The van der Waals surface area contributed by atoms with Crippen LogP contribution >= 0.6 is 0 Å². The average molecular weight is 173 g/mol. The van der Waals surface area contributed by atoms with E-state index < -0.39 is 0 Å². The van der Waals surface area contributed by atoms with Crippen LogP contribution in [0.5, 0.6) is 0 Å². The van der Waals surface area contributed by atoms with Crippen molar-refractivity contribution in [3.05, 3.63) is 0 Å². The monoisotopic (exact) mass is 173 g/mol. The molecule has 0 rings (SSSR count).